The predicted octanol–water partition coefficient (Wildman–Crippen LogP) is 3.02. The Labute approximate surface area is 134 Å². The molecule has 0 saturated heterocycles. The minimum absolute atomic E-state index is 0.136. The number of hydrogen-bond donors (Lipinski definition) is 1. The first-order chi connectivity index (χ1) is 11.1. The van der Waals surface area contributed by atoms with Gasteiger partial charge >= 0.3 is 0 Å². The van der Waals surface area contributed by atoms with Gasteiger partial charge in [0, 0.05) is 37.0 Å². The summed E-state index contributed by atoms with van der Waals surface area (Å²) in [6.07, 6.45) is 0. The Balaban J connectivity index is 2.26. The zero-order chi connectivity index (χ0) is 16.4. The van der Waals surface area contributed by atoms with Crippen LogP contribution in [0.25, 0.3) is 22.5 Å². The third-order valence-electron chi connectivity index (χ3n) is 3.56. The zero-order valence-corrected chi connectivity index (χ0v) is 13.0. The van der Waals surface area contributed by atoms with Crippen LogP contribution in [0, 0.1) is 0 Å². The van der Waals surface area contributed by atoms with Gasteiger partial charge in [0.15, 0.2) is 0 Å². The van der Waals surface area contributed by atoms with Crippen LogP contribution in [0.3, 0.4) is 0 Å². The zero-order valence-electron chi connectivity index (χ0n) is 13.0. The second kappa shape index (κ2) is 5.96. The van der Waals surface area contributed by atoms with Crippen LogP contribution < -0.4 is 16.2 Å². The molecule has 5 heteroatoms. The molecule has 0 fully saturated rings. The Morgan fingerprint density at radius 3 is 2.22 bits per heavy atom. The minimum Gasteiger partial charge on any atom is -0.425 e. The number of rotatable bonds is 3. The maximum absolute atomic E-state index is 11.6. The lowest BCUT2D eigenvalue weighted by atomic mass is 9.96. The van der Waals surface area contributed by atoms with Gasteiger partial charge in [0.25, 0.3) is 11.6 Å². The summed E-state index contributed by atoms with van der Waals surface area (Å²) in [7, 11) is 3.98. The highest BCUT2D eigenvalue weighted by Crippen LogP contribution is 2.36. The Morgan fingerprint density at radius 2 is 1.57 bits per heavy atom. The third kappa shape index (κ3) is 2.94. The van der Waals surface area contributed by atoms with E-state index < -0.39 is 5.56 Å². The summed E-state index contributed by atoms with van der Waals surface area (Å²) >= 11 is 0. The van der Waals surface area contributed by atoms with E-state index in [4.69, 9.17) is 10.2 Å². The van der Waals surface area contributed by atoms with Gasteiger partial charge in [-0.05, 0) is 11.6 Å². The van der Waals surface area contributed by atoms with Crippen molar-refractivity contribution in [3.63, 3.8) is 0 Å². The van der Waals surface area contributed by atoms with E-state index in [2.05, 4.69) is 4.98 Å². The largest absolute Gasteiger partial charge is 0.425 e. The Bertz CT molecular complexity index is 901. The quantitative estimate of drug-likeness (QED) is 0.805. The van der Waals surface area contributed by atoms with E-state index >= 15 is 0 Å². The molecule has 0 radical (unpaired) electrons. The second-order valence-corrected chi connectivity index (χ2v) is 5.36. The molecule has 5 nitrogen and oxygen atoms in total. The lowest BCUT2D eigenvalue weighted by Gasteiger charge is -2.19. The van der Waals surface area contributed by atoms with Gasteiger partial charge in [-0.25, -0.2) is 0 Å². The van der Waals surface area contributed by atoms with Gasteiger partial charge < -0.3 is 15.1 Å². The fourth-order valence-corrected chi connectivity index (χ4v) is 2.57. The summed E-state index contributed by atoms with van der Waals surface area (Å²) in [4.78, 5) is 17.2. The molecule has 0 amide bonds. The van der Waals surface area contributed by atoms with Gasteiger partial charge in [-0.15, -0.1) is 0 Å². The number of aromatic nitrogens is 1. The van der Waals surface area contributed by atoms with Crippen molar-refractivity contribution < 1.29 is 4.42 Å². The molecule has 1 aromatic heterocycles. The molecule has 3 rings (SSSR count). The highest BCUT2D eigenvalue weighted by molar-refractivity contribution is 5.88. The maximum Gasteiger partial charge on any atom is 0.295 e. The van der Waals surface area contributed by atoms with Gasteiger partial charge in [-0.3, -0.25) is 4.79 Å². The van der Waals surface area contributed by atoms with Crippen LogP contribution in [0.4, 0.5) is 11.7 Å². The van der Waals surface area contributed by atoms with Crippen molar-refractivity contribution in [1.82, 2.24) is 4.98 Å². The van der Waals surface area contributed by atoms with Crippen molar-refractivity contribution >= 4 is 11.7 Å². The molecule has 3 aromatic rings. The molecular formula is C18H17N3O2. The van der Waals surface area contributed by atoms with E-state index in [1.165, 1.54) is 6.07 Å². The van der Waals surface area contributed by atoms with Gasteiger partial charge in [-0.1, -0.05) is 42.5 Å². The molecule has 0 bridgehead atoms. The molecule has 116 valence electrons. The molecule has 23 heavy (non-hydrogen) atoms. The molecule has 0 unspecified atom stereocenters. The fourth-order valence-electron chi connectivity index (χ4n) is 2.57. The number of nitrogens with zero attached hydrogens (tertiary/aromatic N) is 2. The first-order valence-electron chi connectivity index (χ1n) is 7.20. The summed E-state index contributed by atoms with van der Waals surface area (Å²) in [6.45, 7) is 0. The van der Waals surface area contributed by atoms with Crippen molar-refractivity contribution in [2.45, 2.75) is 0 Å². The average molecular weight is 307 g/mol. The smallest absolute Gasteiger partial charge is 0.295 e. The highest BCUT2D eigenvalue weighted by Gasteiger charge is 2.14. The molecule has 1 heterocycles. The average Bonchev–Trinajstić information content (AvgIpc) is 2.54. The van der Waals surface area contributed by atoms with E-state index in [0.717, 1.165) is 22.4 Å². The van der Waals surface area contributed by atoms with Crippen LogP contribution >= 0.6 is 0 Å². The van der Waals surface area contributed by atoms with Crippen molar-refractivity contribution in [3.05, 3.63) is 65.0 Å². The van der Waals surface area contributed by atoms with Crippen LogP contribution in [0.15, 0.2) is 63.8 Å². The van der Waals surface area contributed by atoms with E-state index in [1.807, 2.05) is 67.5 Å². The van der Waals surface area contributed by atoms with Crippen LogP contribution in [0.5, 0.6) is 0 Å². The Hall–Kier alpha value is -3.08. The maximum atomic E-state index is 11.6. The van der Waals surface area contributed by atoms with E-state index in [9.17, 15) is 4.79 Å². The Morgan fingerprint density at radius 1 is 0.957 bits per heavy atom. The number of nitrogens with two attached hydrogens (primary N) is 1. The summed E-state index contributed by atoms with van der Waals surface area (Å²) < 4.78 is 5.46. The molecule has 2 aromatic carbocycles. The standard InChI is InChI=1S/C18H17N3O2/c1-21(2)15-10-6-5-8-13(15)12-7-3-4-9-14(12)16-11-17(22)20-18(19)23-16/h3-11H,1-2H3,(H2,19,20,22). The number of hydrogen-bond acceptors (Lipinski definition) is 5. The molecule has 0 aliphatic rings. The van der Waals surface area contributed by atoms with Crippen LogP contribution in [-0.2, 0) is 0 Å². The van der Waals surface area contributed by atoms with Crippen molar-refractivity contribution in [1.29, 1.82) is 0 Å². The van der Waals surface area contributed by atoms with Crippen molar-refractivity contribution in [2.75, 3.05) is 24.7 Å². The SMILES string of the molecule is CN(C)c1ccccc1-c1ccccc1-c1cc(=O)nc(N)o1. The van der Waals surface area contributed by atoms with Crippen LogP contribution in [-0.4, -0.2) is 19.1 Å². The van der Waals surface area contributed by atoms with Gasteiger partial charge in [0.1, 0.15) is 5.76 Å². The first kappa shape index (κ1) is 14.8. The van der Waals surface area contributed by atoms with Gasteiger partial charge in [0.2, 0.25) is 0 Å². The normalized spacial score (nSPS) is 10.5. The molecular weight excluding hydrogens is 290 g/mol. The molecule has 0 aliphatic carbocycles. The summed E-state index contributed by atoms with van der Waals surface area (Å²) in [6, 6.07) is 17.0. The van der Waals surface area contributed by atoms with Gasteiger partial charge in [0.05, 0.1) is 0 Å². The highest BCUT2D eigenvalue weighted by atomic mass is 16.4. The van der Waals surface area contributed by atoms with Crippen LogP contribution in [0.2, 0.25) is 0 Å². The third-order valence-corrected chi connectivity index (χ3v) is 3.56. The molecule has 0 atom stereocenters. The number of para-hydroxylation sites is 1. The first-order valence-corrected chi connectivity index (χ1v) is 7.20. The monoisotopic (exact) mass is 307 g/mol. The lowest BCUT2D eigenvalue weighted by molar-refractivity contribution is 0.564. The Kier molecular flexibility index (Phi) is 3.85. The van der Waals surface area contributed by atoms with E-state index in [-0.39, 0.29) is 6.01 Å². The second-order valence-electron chi connectivity index (χ2n) is 5.36. The molecule has 2 N–H and O–H groups in total. The van der Waals surface area contributed by atoms with Crippen molar-refractivity contribution in [2.24, 2.45) is 0 Å². The van der Waals surface area contributed by atoms with Crippen molar-refractivity contribution in [3.8, 4) is 22.5 Å². The lowest BCUT2D eigenvalue weighted by Crippen LogP contribution is -2.10. The van der Waals surface area contributed by atoms with E-state index in [1.54, 1.807) is 0 Å². The number of benzene rings is 2. The summed E-state index contributed by atoms with van der Waals surface area (Å²) in [5.74, 6) is 0.409. The molecule has 0 aliphatic heterocycles. The molecule has 0 spiro atoms. The predicted molar refractivity (Wildman–Crippen MR) is 92.4 cm³/mol. The fraction of sp³-hybridized carbons (Fsp3) is 0.111. The minimum atomic E-state index is -0.417. The molecule has 0 saturated carbocycles. The summed E-state index contributed by atoms with van der Waals surface area (Å²) in [5, 5.41) is 0. The van der Waals surface area contributed by atoms with E-state index in [0.29, 0.717) is 5.76 Å². The van der Waals surface area contributed by atoms with Crippen LogP contribution in [0.1, 0.15) is 0 Å². The topological polar surface area (TPSA) is 72.4 Å². The number of nitrogen functional groups attached to an aromatic ring is 1. The van der Waals surface area contributed by atoms with Gasteiger partial charge in [-0.2, -0.15) is 4.98 Å². The number of anilines is 2. The summed E-state index contributed by atoms with van der Waals surface area (Å²) in [5.41, 5.74) is 9.04.